The van der Waals surface area contributed by atoms with Crippen molar-refractivity contribution in [3.63, 3.8) is 0 Å². The highest BCUT2D eigenvalue weighted by molar-refractivity contribution is 5.78. The Morgan fingerprint density at radius 1 is 1.50 bits per heavy atom. The zero-order chi connectivity index (χ0) is 9.40. The molecule has 72 valence electrons. The van der Waals surface area contributed by atoms with Crippen molar-refractivity contribution in [2.24, 2.45) is 16.8 Å². The van der Waals surface area contributed by atoms with Gasteiger partial charge in [0.2, 0.25) is 5.96 Å². The Balaban J connectivity index is 3.62. The zero-order valence-corrected chi connectivity index (χ0v) is 8.22. The van der Waals surface area contributed by atoms with Gasteiger partial charge in [0.1, 0.15) is 0 Å². The predicted molar refractivity (Wildman–Crippen MR) is 52.8 cm³/mol. The summed E-state index contributed by atoms with van der Waals surface area (Å²) in [6.07, 6.45) is 1.09. The Morgan fingerprint density at radius 2 is 2.17 bits per heavy atom. The summed E-state index contributed by atoms with van der Waals surface area (Å²) < 4.78 is 0. The lowest BCUT2D eigenvalue weighted by molar-refractivity contribution is 0.594. The van der Waals surface area contributed by atoms with Gasteiger partial charge in [-0.05, 0) is 19.3 Å². The van der Waals surface area contributed by atoms with E-state index in [-0.39, 0.29) is 0 Å². The minimum absolute atomic E-state index is 0.679. The number of hydrogen-bond donors (Lipinski definition) is 3. The van der Waals surface area contributed by atoms with Crippen molar-refractivity contribution in [2.45, 2.75) is 27.2 Å². The lowest BCUT2D eigenvalue weighted by Gasteiger charge is -2.06. The molecule has 0 aliphatic rings. The molecule has 0 saturated heterocycles. The van der Waals surface area contributed by atoms with Crippen molar-refractivity contribution in [2.75, 3.05) is 13.1 Å². The molecule has 4 nitrogen and oxygen atoms in total. The lowest BCUT2D eigenvalue weighted by atomic mass is 10.1. The molecular formula is C8H20N4. The standard InChI is InChI=1S/C8H20N4/c1-4-10-8(12-9)11-6-5-7(2)3/h7H,4-6,9H2,1-3H3,(H2,10,11,12). The number of nitrogens with zero attached hydrogens (tertiary/aromatic N) is 1. The topological polar surface area (TPSA) is 62.4 Å². The van der Waals surface area contributed by atoms with Crippen molar-refractivity contribution in [1.29, 1.82) is 0 Å². The molecule has 0 aliphatic carbocycles. The van der Waals surface area contributed by atoms with Gasteiger partial charge in [0.05, 0.1) is 0 Å². The molecule has 0 unspecified atom stereocenters. The number of hydrogen-bond acceptors (Lipinski definition) is 2. The molecule has 0 atom stereocenters. The second kappa shape index (κ2) is 6.91. The maximum atomic E-state index is 5.23. The summed E-state index contributed by atoms with van der Waals surface area (Å²) in [6, 6.07) is 0. The minimum atomic E-state index is 0.679. The van der Waals surface area contributed by atoms with E-state index in [9.17, 15) is 0 Å². The van der Waals surface area contributed by atoms with E-state index in [0.717, 1.165) is 19.5 Å². The fourth-order valence-electron chi connectivity index (χ4n) is 0.755. The predicted octanol–water partition coefficient (Wildman–Crippen LogP) is 0.461. The second-order valence-corrected chi connectivity index (χ2v) is 3.09. The van der Waals surface area contributed by atoms with Gasteiger partial charge in [-0.3, -0.25) is 10.4 Å². The molecule has 0 aromatic rings. The van der Waals surface area contributed by atoms with Crippen LogP contribution in [0.4, 0.5) is 0 Å². The molecule has 0 amide bonds. The normalized spacial score (nSPS) is 11.9. The number of aliphatic imine (C=N–C) groups is 1. The molecule has 0 rings (SSSR count). The van der Waals surface area contributed by atoms with Crippen molar-refractivity contribution in [3.05, 3.63) is 0 Å². The molecule has 0 bridgehead atoms. The summed E-state index contributed by atoms with van der Waals surface area (Å²) in [5.74, 6) is 6.60. The fourth-order valence-corrected chi connectivity index (χ4v) is 0.755. The Bertz CT molecular complexity index is 131. The molecule has 4 N–H and O–H groups in total. The van der Waals surface area contributed by atoms with Gasteiger partial charge in [0, 0.05) is 13.1 Å². The number of rotatable bonds is 4. The second-order valence-electron chi connectivity index (χ2n) is 3.09. The van der Waals surface area contributed by atoms with Crippen LogP contribution in [0.25, 0.3) is 0 Å². The Labute approximate surface area is 74.6 Å². The number of nitrogens with two attached hydrogens (primary N) is 1. The van der Waals surface area contributed by atoms with Crippen molar-refractivity contribution < 1.29 is 0 Å². The summed E-state index contributed by atoms with van der Waals surface area (Å²) in [5.41, 5.74) is 2.52. The SMILES string of the molecule is CCNC(=NCCC(C)C)NN. The van der Waals surface area contributed by atoms with Gasteiger partial charge < -0.3 is 5.32 Å². The third-order valence-corrected chi connectivity index (χ3v) is 1.46. The summed E-state index contributed by atoms with van der Waals surface area (Å²) in [4.78, 5) is 4.24. The Morgan fingerprint density at radius 3 is 2.58 bits per heavy atom. The first-order valence-corrected chi connectivity index (χ1v) is 4.45. The summed E-state index contributed by atoms with van der Waals surface area (Å²) in [6.45, 7) is 8.03. The minimum Gasteiger partial charge on any atom is -0.356 e. The van der Waals surface area contributed by atoms with E-state index in [2.05, 4.69) is 29.6 Å². The van der Waals surface area contributed by atoms with Crippen LogP contribution >= 0.6 is 0 Å². The van der Waals surface area contributed by atoms with E-state index in [0.29, 0.717) is 11.9 Å². The molecule has 4 heteroatoms. The number of guanidine groups is 1. The molecule has 0 heterocycles. The van der Waals surface area contributed by atoms with E-state index in [1.807, 2.05) is 6.92 Å². The molecule has 12 heavy (non-hydrogen) atoms. The van der Waals surface area contributed by atoms with Gasteiger partial charge in [-0.2, -0.15) is 0 Å². The molecule has 0 radical (unpaired) electrons. The molecule has 0 aromatic heterocycles. The van der Waals surface area contributed by atoms with Crippen LogP contribution in [0.5, 0.6) is 0 Å². The first kappa shape index (κ1) is 11.2. The van der Waals surface area contributed by atoms with Crippen LogP contribution in [0.3, 0.4) is 0 Å². The first-order chi connectivity index (χ1) is 5.70. The zero-order valence-electron chi connectivity index (χ0n) is 8.22. The average molecular weight is 172 g/mol. The molecule has 0 aliphatic heterocycles. The van der Waals surface area contributed by atoms with E-state index in [1.54, 1.807) is 0 Å². The maximum absolute atomic E-state index is 5.23. The molecule has 0 spiro atoms. The third-order valence-electron chi connectivity index (χ3n) is 1.46. The van der Waals surface area contributed by atoms with Crippen LogP contribution in [0.2, 0.25) is 0 Å². The number of hydrazine groups is 1. The molecule has 0 saturated carbocycles. The van der Waals surface area contributed by atoms with E-state index >= 15 is 0 Å². The Kier molecular flexibility index (Phi) is 6.47. The van der Waals surface area contributed by atoms with Crippen LogP contribution in [0.15, 0.2) is 4.99 Å². The van der Waals surface area contributed by atoms with Gasteiger partial charge >= 0.3 is 0 Å². The monoisotopic (exact) mass is 172 g/mol. The van der Waals surface area contributed by atoms with Gasteiger partial charge in [-0.25, -0.2) is 5.84 Å². The molecule has 0 aromatic carbocycles. The molecular weight excluding hydrogens is 152 g/mol. The van der Waals surface area contributed by atoms with Gasteiger partial charge in [0.15, 0.2) is 0 Å². The van der Waals surface area contributed by atoms with Crippen molar-refractivity contribution in [1.82, 2.24) is 10.7 Å². The largest absolute Gasteiger partial charge is 0.356 e. The number of nitrogens with one attached hydrogen (secondary N) is 2. The lowest BCUT2D eigenvalue weighted by Crippen LogP contribution is -2.41. The van der Waals surface area contributed by atoms with E-state index < -0.39 is 0 Å². The average Bonchev–Trinajstić information content (AvgIpc) is 2.02. The fraction of sp³-hybridized carbons (Fsp3) is 0.875. The quantitative estimate of drug-likeness (QED) is 0.250. The van der Waals surface area contributed by atoms with E-state index in [4.69, 9.17) is 5.84 Å². The van der Waals surface area contributed by atoms with E-state index in [1.165, 1.54) is 0 Å². The summed E-state index contributed by atoms with van der Waals surface area (Å²) in [7, 11) is 0. The Hall–Kier alpha value is -0.770. The van der Waals surface area contributed by atoms with Crippen LogP contribution in [0.1, 0.15) is 27.2 Å². The van der Waals surface area contributed by atoms with Crippen molar-refractivity contribution >= 4 is 5.96 Å². The maximum Gasteiger partial charge on any atom is 0.205 e. The van der Waals surface area contributed by atoms with Crippen LogP contribution in [-0.4, -0.2) is 19.0 Å². The third kappa shape index (κ3) is 5.97. The summed E-state index contributed by atoms with van der Waals surface area (Å²) in [5, 5.41) is 3.02. The first-order valence-electron chi connectivity index (χ1n) is 4.45. The van der Waals surface area contributed by atoms with Crippen LogP contribution < -0.4 is 16.6 Å². The van der Waals surface area contributed by atoms with Crippen LogP contribution in [-0.2, 0) is 0 Å². The highest BCUT2D eigenvalue weighted by Gasteiger charge is 1.94. The van der Waals surface area contributed by atoms with Gasteiger partial charge in [-0.15, -0.1) is 0 Å². The highest BCUT2D eigenvalue weighted by Crippen LogP contribution is 1.97. The van der Waals surface area contributed by atoms with Gasteiger partial charge in [-0.1, -0.05) is 13.8 Å². The smallest absolute Gasteiger partial charge is 0.205 e. The highest BCUT2D eigenvalue weighted by atomic mass is 15.3. The molecule has 0 fully saturated rings. The summed E-state index contributed by atoms with van der Waals surface area (Å²) >= 11 is 0. The van der Waals surface area contributed by atoms with Gasteiger partial charge in [0.25, 0.3) is 0 Å². The van der Waals surface area contributed by atoms with Crippen molar-refractivity contribution in [3.8, 4) is 0 Å². The van der Waals surface area contributed by atoms with Crippen LogP contribution in [0, 0.1) is 5.92 Å².